The summed E-state index contributed by atoms with van der Waals surface area (Å²) in [6.07, 6.45) is 6.67. The van der Waals surface area contributed by atoms with E-state index in [0.29, 0.717) is 0 Å². The summed E-state index contributed by atoms with van der Waals surface area (Å²) in [6, 6.07) is 6.44. The molecular weight excluding hydrogens is 224 g/mol. The summed E-state index contributed by atoms with van der Waals surface area (Å²) in [5.41, 5.74) is 8.80. The van der Waals surface area contributed by atoms with Gasteiger partial charge in [0.15, 0.2) is 0 Å². The maximum Gasteiger partial charge on any atom is 0.128 e. The summed E-state index contributed by atoms with van der Waals surface area (Å²) in [6.45, 7) is 0. The van der Waals surface area contributed by atoms with E-state index < -0.39 is 0 Å². The highest BCUT2D eigenvalue weighted by atomic mass is 16.5. The summed E-state index contributed by atoms with van der Waals surface area (Å²) in [4.78, 5) is 0. The third-order valence-electron chi connectivity index (χ3n) is 4.26. The van der Waals surface area contributed by atoms with Gasteiger partial charge in [0, 0.05) is 24.2 Å². The zero-order chi connectivity index (χ0) is 12.8. The van der Waals surface area contributed by atoms with Gasteiger partial charge in [-0.1, -0.05) is 12.8 Å². The van der Waals surface area contributed by atoms with Crippen LogP contribution in [0.15, 0.2) is 24.4 Å². The first kappa shape index (κ1) is 11.6. The summed E-state index contributed by atoms with van der Waals surface area (Å²) in [5, 5.41) is 1.16. The fourth-order valence-corrected chi connectivity index (χ4v) is 3.09. The molecule has 1 saturated carbocycles. The van der Waals surface area contributed by atoms with Crippen LogP contribution in [0.3, 0.4) is 0 Å². The van der Waals surface area contributed by atoms with Gasteiger partial charge in [0.25, 0.3) is 0 Å². The lowest BCUT2D eigenvalue weighted by Gasteiger charge is -2.25. The van der Waals surface area contributed by atoms with Crippen LogP contribution in [0.1, 0.15) is 31.2 Å². The highest BCUT2D eigenvalue weighted by Gasteiger charge is 2.32. The van der Waals surface area contributed by atoms with E-state index in [4.69, 9.17) is 10.5 Å². The van der Waals surface area contributed by atoms with Crippen LogP contribution in [0.25, 0.3) is 10.9 Å². The molecule has 0 bridgehead atoms. The standard InChI is InChI=1S/C15H20N2O/c1-17-8-5-12-13(17)9-11(10-14(12)18-2)15(16)6-3-4-7-15/h5,8-10H,3-4,6-7,16H2,1-2H3. The Balaban J connectivity index is 2.21. The number of benzene rings is 1. The van der Waals surface area contributed by atoms with Crippen LogP contribution < -0.4 is 10.5 Å². The van der Waals surface area contributed by atoms with E-state index >= 15 is 0 Å². The van der Waals surface area contributed by atoms with E-state index in [9.17, 15) is 0 Å². The number of nitrogens with two attached hydrogens (primary N) is 1. The average molecular weight is 244 g/mol. The van der Waals surface area contributed by atoms with Gasteiger partial charge in [-0.15, -0.1) is 0 Å². The first-order valence-electron chi connectivity index (χ1n) is 6.56. The first-order chi connectivity index (χ1) is 8.64. The molecule has 0 saturated heterocycles. The van der Waals surface area contributed by atoms with Crippen LogP contribution in [0.2, 0.25) is 0 Å². The maximum atomic E-state index is 6.55. The van der Waals surface area contributed by atoms with Gasteiger partial charge in [-0.05, 0) is 36.6 Å². The SMILES string of the molecule is COc1cc(C2(N)CCCC2)cc2c1ccn2C. The minimum absolute atomic E-state index is 0.161. The lowest BCUT2D eigenvalue weighted by molar-refractivity contribution is 0.413. The van der Waals surface area contributed by atoms with E-state index in [1.807, 2.05) is 0 Å². The van der Waals surface area contributed by atoms with Crippen LogP contribution >= 0.6 is 0 Å². The number of aryl methyl sites for hydroxylation is 1. The molecule has 0 unspecified atom stereocenters. The highest BCUT2D eigenvalue weighted by Crippen LogP contribution is 2.40. The third kappa shape index (κ3) is 1.62. The molecule has 3 nitrogen and oxygen atoms in total. The van der Waals surface area contributed by atoms with Crippen molar-refractivity contribution in [1.82, 2.24) is 4.57 Å². The van der Waals surface area contributed by atoms with Crippen molar-refractivity contribution < 1.29 is 4.74 Å². The summed E-state index contributed by atoms with van der Waals surface area (Å²) in [7, 11) is 3.78. The van der Waals surface area contributed by atoms with Crippen molar-refractivity contribution in [3.05, 3.63) is 30.0 Å². The molecule has 1 aliphatic rings. The van der Waals surface area contributed by atoms with Crippen molar-refractivity contribution >= 4 is 10.9 Å². The van der Waals surface area contributed by atoms with Crippen LogP contribution in [-0.4, -0.2) is 11.7 Å². The van der Waals surface area contributed by atoms with E-state index in [1.54, 1.807) is 7.11 Å². The number of rotatable bonds is 2. The van der Waals surface area contributed by atoms with Gasteiger partial charge < -0.3 is 15.0 Å². The van der Waals surface area contributed by atoms with E-state index in [-0.39, 0.29) is 5.54 Å². The van der Waals surface area contributed by atoms with Gasteiger partial charge in [-0.2, -0.15) is 0 Å². The molecule has 0 atom stereocenters. The fourth-order valence-electron chi connectivity index (χ4n) is 3.09. The topological polar surface area (TPSA) is 40.2 Å². The lowest BCUT2D eigenvalue weighted by Crippen LogP contribution is -2.33. The molecule has 2 aromatic rings. The number of nitrogens with zero attached hydrogens (tertiary/aromatic N) is 1. The summed E-state index contributed by atoms with van der Waals surface area (Å²) < 4.78 is 7.64. The second-order valence-corrected chi connectivity index (χ2v) is 5.40. The number of hydrogen-bond acceptors (Lipinski definition) is 2. The average Bonchev–Trinajstić information content (AvgIpc) is 2.97. The van der Waals surface area contributed by atoms with Crippen molar-refractivity contribution in [3.8, 4) is 5.75 Å². The molecule has 0 radical (unpaired) electrons. The Bertz CT molecular complexity index is 579. The predicted molar refractivity (Wildman–Crippen MR) is 73.8 cm³/mol. The Kier molecular flexibility index (Phi) is 2.59. The molecule has 3 heteroatoms. The van der Waals surface area contributed by atoms with Crippen LogP contribution in [-0.2, 0) is 12.6 Å². The molecule has 3 rings (SSSR count). The van der Waals surface area contributed by atoms with E-state index in [1.165, 1.54) is 23.9 Å². The number of aromatic nitrogens is 1. The zero-order valence-corrected chi connectivity index (χ0v) is 11.1. The van der Waals surface area contributed by atoms with Crippen molar-refractivity contribution in [1.29, 1.82) is 0 Å². The van der Waals surface area contributed by atoms with E-state index in [2.05, 4.69) is 36.0 Å². The summed E-state index contributed by atoms with van der Waals surface area (Å²) in [5.74, 6) is 0.930. The van der Waals surface area contributed by atoms with Gasteiger partial charge in [-0.3, -0.25) is 0 Å². The molecule has 1 heterocycles. The molecule has 0 amide bonds. The lowest BCUT2D eigenvalue weighted by atomic mass is 9.88. The third-order valence-corrected chi connectivity index (χ3v) is 4.26. The number of methoxy groups -OCH3 is 1. The highest BCUT2D eigenvalue weighted by molar-refractivity contribution is 5.87. The minimum atomic E-state index is -0.161. The first-order valence-corrected chi connectivity index (χ1v) is 6.56. The van der Waals surface area contributed by atoms with Crippen molar-refractivity contribution in [3.63, 3.8) is 0 Å². The molecular formula is C15H20N2O. The molecule has 1 aromatic heterocycles. The largest absolute Gasteiger partial charge is 0.496 e. The second kappa shape index (κ2) is 4.02. The quantitative estimate of drug-likeness (QED) is 0.882. The van der Waals surface area contributed by atoms with E-state index in [0.717, 1.165) is 24.0 Å². The Morgan fingerprint density at radius 2 is 2.00 bits per heavy atom. The summed E-state index contributed by atoms with van der Waals surface area (Å²) >= 11 is 0. The van der Waals surface area contributed by atoms with Gasteiger partial charge in [-0.25, -0.2) is 0 Å². The van der Waals surface area contributed by atoms with Crippen LogP contribution in [0.4, 0.5) is 0 Å². The molecule has 1 aliphatic carbocycles. The number of hydrogen-bond donors (Lipinski definition) is 1. The molecule has 0 spiro atoms. The smallest absolute Gasteiger partial charge is 0.128 e. The number of fused-ring (bicyclic) bond motifs is 1. The fraction of sp³-hybridized carbons (Fsp3) is 0.467. The van der Waals surface area contributed by atoms with Gasteiger partial charge in [0.2, 0.25) is 0 Å². The maximum absolute atomic E-state index is 6.55. The molecule has 18 heavy (non-hydrogen) atoms. The Morgan fingerprint density at radius 3 is 2.67 bits per heavy atom. The monoisotopic (exact) mass is 244 g/mol. The van der Waals surface area contributed by atoms with Crippen molar-refractivity contribution in [2.75, 3.05) is 7.11 Å². The van der Waals surface area contributed by atoms with Crippen molar-refractivity contribution in [2.24, 2.45) is 12.8 Å². The Hall–Kier alpha value is -1.48. The van der Waals surface area contributed by atoms with Gasteiger partial charge in [0.1, 0.15) is 5.75 Å². The molecule has 1 fully saturated rings. The van der Waals surface area contributed by atoms with Gasteiger partial charge in [0.05, 0.1) is 12.6 Å². The van der Waals surface area contributed by atoms with Crippen LogP contribution in [0.5, 0.6) is 5.75 Å². The van der Waals surface area contributed by atoms with Crippen LogP contribution in [0, 0.1) is 0 Å². The Labute approximate surface area is 108 Å². The predicted octanol–water partition coefficient (Wildman–Crippen LogP) is 2.91. The minimum Gasteiger partial charge on any atom is -0.496 e. The molecule has 1 aromatic carbocycles. The molecule has 96 valence electrons. The Morgan fingerprint density at radius 1 is 1.28 bits per heavy atom. The molecule has 2 N–H and O–H groups in total. The number of ether oxygens (including phenoxy) is 1. The van der Waals surface area contributed by atoms with Gasteiger partial charge >= 0.3 is 0 Å². The zero-order valence-electron chi connectivity index (χ0n) is 11.1. The molecule has 0 aliphatic heterocycles. The second-order valence-electron chi connectivity index (χ2n) is 5.40. The normalized spacial score (nSPS) is 18.4. The van der Waals surface area contributed by atoms with Crippen molar-refractivity contribution in [2.45, 2.75) is 31.2 Å².